The molecule has 0 spiro atoms. The molecule has 110 valence electrons. The van der Waals surface area contributed by atoms with E-state index in [1.807, 2.05) is 0 Å². The van der Waals surface area contributed by atoms with Gasteiger partial charge in [-0.1, -0.05) is 12.1 Å². The molecule has 0 radical (unpaired) electrons. The normalized spacial score (nSPS) is 13.5. The first kappa shape index (κ1) is 15.9. The molecule has 0 heterocycles. The predicted molar refractivity (Wildman–Crippen MR) is 73.0 cm³/mol. The highest BCUT2D eigenvalue weighted by molar-refractivity contribution is 5.81. The zero-order valence-electron chi connectivity index (χ0n) is 11.0. The SMILES string of the molecule is N[C@@H](CCNC(=O)[C@@H](N)Cc1ccc(O)cc1)C(=O)O. The minimum atomic E-state index is -1.10. The van der Waals surface area contributed by atoms with Crippen molar-refractivity contribution in [2.75, 3.05) is 6.54 Å². The zero-order chi connectivity index (χ0) is 15.1. The number of nitrogens with one attached hydrogen (secondary N) is 1. The van der Waals surface area contributed by atoms with Gasteiger partial charge in [0.1, 0.15) is 11.8 Å². The first-order chi connectivity index (χ1) is 9.40. The van der Waals surface area contributed by atoms with Gasteiger partial charge in [0.05, 0.1) is 6.04 Å². The molecule has 1 rings (SSSR count). The van der Waals surface area contributed by atoms with Gasteiger partial charge in [-0.15, -0.1) is 0 Å². The fraction of sp³-hybridized carbons (Fsp3) is 0.385. The van der Waals surface area contributed by atoms with E-state index in [1.54, 1.807) is 12.1 Å². The van der Waals surface area contributed by atoms with Gasteiger partial charge >= 0.3 is 5.97 Å². The second kappa shape index (κ2) is 7.46. The van der Waals surface area contributed by atoms with Crippen LogP contribution in [0.2, 0.25) is 0 Å². The highest BCUT2D eigenvalue weighted by Crippen LogP contribution is 2.10. The van der Waals surface area contributed by atoms with Crippen molar-refractivity contribution in [3.8, 4) is 5.75 Å². The number of benzene rings is 1. The number of phenols is 1. The number of amides is 1. The molecule has 7 heteroatoms. The molecule has 0 aromatic heterocycles. The predicted octanol–water partition coefficient (Wildman–Crippen LogP) is -0.820. The average molecular weight is 281 g/mol. The number of carbonyl (C=O) groups excluding carboxylic acids is 1. The Hall–Kier alpha value is -2.12. The van der Waals surface area contributed by atoms with Crippen LogP contribution in [0.3, 0.4) is 0 Å². The number of carboxylic acid groups (broad SMARTS) is 1. The lowest BCUT2D eigenvalue weighted by atomic mass is 10.1. The van der Waals surface area contributed by atoms with E-state index in [0.717, 1.165) is 5.56 Å². The van der Waals surface area contributed by atoms with Crippen molar-refractivity contribution in [2.45, 2.75) is 24.9 Å². The van der Waals surface area contributed by atoms with Crippen LogP contribution in [0.15, 0.2) is 24.3 Å². The van der Waals surface area contributed by atoms with E-state index in [9.17, 15) is 9.59 Å². The Kier molecular flexibility index (Phi) is 5.95. The van der Waals surface area contributed by atoms with Gasteiger partial charge in [-0.3, -0.25) is 9.59 Å². The third kappa shape index (κ3) is 5.25. The van der Waals surface area contributed by atoms with Crippen LogP contribution in [0.25, 0.3) is 0 Å². The van der Waals surface area contributed by atoms with Crippen molar-refractivity contribution in [3.63, 3.8) is 0 Å². The first-order valence-electron chi connectivity index (χ1n) is 6.19. The van der Waals surface area contributed by atoms with E-state index >= 15 is 0 Å². The maximum absolute atomic E-state index is 11.7. The van der Waals surface area contributed by atoms with Gasteiger partial charge in [0.2, 0.25) is 5.91 Å². The second-order valence-electron chi connectivity index (χ2n) is 4.50. The van der Waals surface area contributed by atoms with Crippen molar-refractivity contribution < 1.29 is 19.8 Å². The summed E-state index contributed by atoms with van der Waals surface area (Å²) < 4.78 is 0. The molecular weight excluding hydrogens is 262 g/mol. The standard InChI is InChI=1S/C13H19N3O4/c14-10(13(19)20)5-6-16-12(18)11(15)7-8-1-3-9(17)4-2-8/h1-4,10-11,17H,5-7,14-15H2,(H,16,18)(H,19,20)/t10-,11-/m0/s1. The molecule has 7 nitrogen and oxygen atoms in total. The Morgan fingerprint density at radius 2 is 1.75 bits per heavy atom. The van der Waals surface area contributed by atoms with Crippen LogP contribution in [0.4, 0.5) is 0 Å². The van der Waals surface area contributed by atoms with Crippen LogP contribution >= 0.6 is 0 Å². The van der Waals surface area contributed by atoms with Crippen LogP contribution < -0.4 is 16.8 Å². The van der Waals surface area contributed by atoms with E-state index in [1.165, 1.54) is 12.1 Å². The van der Waals surface area contributed by atoms with Crippen molar-refractivity contribution >= 4 is 11.9 Å². The highest BCUT2D eigenvalue weighted by atomic mass is 16.4. The van der Waals surface area contributed by atoms with Gasteiger partial charge in [-0.2, -0.15) is 0 Å². The van der Waals surface area contributed by atoms with Gasteiger partial charge in [-0.05, 0) is 30.5 Å². The van der Waals surface area contributed by atoms with Crippen molar-refractivity contribution in [2.24, 2.45) is 11.5 Å². The average Bonchev–Trinajstić information content (AvgIpc) is 2.40. The molecule has 1 aromatic carbocycles. The molecule has 7 N–H and O–H groups in total. The summed E-state index contributed by atoms with van der Waals surface area (Å²) in [5.74, 6) is -1.32. The van der Waals surface area contributed by atoms with E-state index in [4.69, 9.17) is 21.7 Å². The van der Waals surface area contributed by atoms with Gasteiger partial charge in [-0.25, -0.2) is 0 Å². The van der Waals surface area contributed by atoms with Crippen LogP contribution in [0, 0.1) is 0 Å². The monoisotopic (exact) mass is 281 g/mol. The Morgan fingerprint density at radius 1 is 1.15 bits per heavy atom. The largest absolute Gasteiger partial charge is 0.508 e. The molecule has 20 heavy (non-hydrogen) atoms. The molecule has 0 aliphatic rings. The van der Waals surface area contributed by atoms with Gasteiger partial charge in [0, 0.05) is 6.54 Å². The lowest BCUT2D eigenvalue weighted by Crippen LogP contribution is -2.44. The molecule has 0 aliphatic heterocycles. The summed E-state index contributed by atoms with van der Waals surface area (Å²) >= 11 is 0. The smallest absolute Gasteiger partial charge is 0.320 e. The topological polar surface area (TPSA) is 139 Å². The molecule has 0 aliphatic carbocycles. The number of phenolic OH excluding ortho intramolecular Hbond substituents is 1. The molecule has 0 fully saturated rings. The number of carboxylic acids is 1. The number of aliphatic carboxylic acids is 1. The summed E-state index contributed by atoms with van der Waals surface area (Å²) in [7, 11) is 0. The highest BCUT2D eigenvalue weighted by Gasteiger charge is 2.15. The first-order valence-corrected chi connectivity index (χ1v) is 6.19. The molecule has 2 atom stereocenters. The van der Waals surface area contributed by atoms with Crippen LogP contribution in [0.1, 0.15) is 12.0 Å². The summed E-state index contributed by atoms with van der Waals surface area (Å²) in [4.78, 5) is 22.2. The maximum atomic E-state index is 11.7. The van der Waals surface area contributed by atoms with Crippen molar-refractivity contribution in [1.29, 1.82) is 0 Å². The number of nitrogens with two attached hydrogens (primary N) is 2. The van der Waals surface area contributed by atoms with Crippen LogP contribution in [-0.2, 0) is 16.0 Å². The van der Waals surface area contributed by atoms with Crippen LogP contribution in [-0.4, -0.2) is 40.7 Å². The van der Waals surface area contributed by atoms with Crippen molar-refractivity contribution in [3.05, 3.63) is 29.8 Å². The third-order valence-corrected chi connectivity index (χ3v) is 2.80. The molecule has 0 saturated heterocycles. The Morgan fingerprint density at radius 3 is 2.30 bits per heavy atom. The minimum Gasteiger partial charge on any atom is -0.508 e. The van der Waals surface area contributed by atoms with Crippen molar-refractivity contribution in [1.82, 2.24) is 5.32 Å². The summed E-state index contributed by atoms with van der Waals surface area (Å²) in [5.41, 5.74) is 11.9. The second-order valence-corrected chi connectivity index (χ2v) is 4.50. The van der Waals surface area contributed by atoms with E-state index < -0.39 is 18.1 Å². The Labute approximate surface area is 116 Å². The van der Waals surface area contributed by atoms with E-state index in [-0.39, 0.29) is 24.6 Å². The fourth-order valence-corrected chi connectivity index (χ4v) is 1.58. The number of hydrogen-bond acceptors (Lipinski definition) is 5. The molecule has 0 unspecified atom stereocenters. The summed E-state index contributed by atoms with van der Waals surface area (Å²) in [6.45, 7) is 0.162. The minimum absolute atomic E-state index is 0.146. The summed E-state index contributed by atoms with van der Waals surface area (Å²) in [6, 6.07) is 4.67. The summed E-state index contributed by atoms with van der Waals surface area (Å²) in [5, 5.41) is 20.3. The maximum Gasteiger partial charge on any atom is 0.320 e. The zero-order valence-corrected chi connectivity index (χ0v) is 11.0. The van der Waals surface area contributed by atoms with E-state index in [2.05, 4.69) is 5.32 Å². The Balaban J connectivity index is 2.35. The molecule has 1 aromatic rings. The quantitative estimate of drug-likeness (QED) is 0.442. The Bertz CT molecular complexity index is 461. The lowest BCUT2D eigenvalue weighted by Gasteiger charge is -2.13. The molecule has 0 saturated carbocycles. The lowest BCUT2D eigenvalue weighted by molar-refractivity contribution is -0.138. The number of rotatable bonds is 7. The van der Waals surface area contributed by atoms with E-state index in [0.29, 0.717) is 6.42 Å². The summed E-state index contributed by atoms with van der Waals surface area (Å²) in [6.07, 6.45) is 0.476. The number of hydrogen-bond donors (Lipinski definition) is 5. The number of carbonyl (C=O) groups is 2. The molecule has 0 bridgehead atoms. The van der Waals surface area contributed by atoms with Gasteiger partial charge in [0.25, 0.3) is 0 Å². The van der Waals surface area contributed by atoms with Crippen LogP contribution in [0.5, 0.6) is 5.75 Å². The number of aromatic hydroxyl groups is 1. The van der Waals surface area contributed by atoms with Gasteiger partial charge < -0.3 is 27.0 Å². The fourth-order valence-electron chi connectivity index (χ4n) is 1.58. The molecule has 1 amide bonds. The molecular formula is C13H19N3O4. The van der Waals surface area contributed by atoms with Gasteiger partial charge in [0.15, 0.2) is 0 Å². The third-order valence-electron chi connectivity index (χ3n) is 2.80.